The molecule has 0 saturated carbocycles. The van der Waals surface area contributed by atoms with Crippen molar-refractivity contribution in [3.63, 3.8) is 0 Å². The highest BCUT2D eigenvalue weighted by atomic mass is 79.9. The first-order chi connectivity index (χ1) is 10.1. The van der Waals surface area contributed by atoms with E-state index in [1.807, 2.05) is 13.0 Å². The number of benzene rings is 2. The molecule has 0 aliphatic carbocycles. The third kappa shape index (κ3) is 4.04. The molecule has 0 aliphatic rings. The Kier molecular flexibility index (Phi) is 5.33. The quantitative estimate of drug-likeness (QED) is 0.812. The van der Waals surface area contributed by atoms with Gasteiger partial charge in [0, 0.05) is 22.1 Å². The molecule has 1 amide bonds. The molecule has 2 rings (SSSR count). The molecule has 5 heteroatoms. The minimum absolute atomic E-state index is 0.282. The zero-order valence-corrected chi connectivity index (χ0v) is 13.1. The van der Waals surface area contributed by atoms with E-state index in [1.54, 1.807) is 18.2 Å². The summed E-state index contributed by atoms with van der Waals surface area (Å²) in [6.45, 7) is 2.49. The second-order valence-electron chi connectivity index (χ2n) is 4.35. The van der Waals surface area contributed by atoms with Crippen LogP contribution in [-0.2, 0) is 5.33 Å². The van der Waals surface area contributed by atoms with Crippen LogP contribution in [0.1, 0.15) is 22.8 Å². The monoisotopic (exact) mass is 351 g/mol. The summed E-state index contributed by atoms with van der Waals surface area (Å²) in [5, 5.41) is 3.36. The molecule has 110 valence electrons. The lowest BCUT2D eigenvalue weighted by Crippen LogP contribution is -2.12. The zero-order chi connectivity index (χ0) is 15.2. The summed E-state index contributed by atoms with van der Waals surface area (Å²) < 4.78 is 18.6. The van der Waals surface area contributed by atoms with E-state index in [4.69, 9.17) is 4.74 Å². The molecule has 3 nitrogen and oxygen atoms in total. The SMILES string of the molecule is CCOc1ccc(NC(=O)c2cccc(F)c2)cc1CBr. The summed E-state index contributed by atoms with van der Waals surface area (Å²) in [6.07, 6.45) is 0. The minimum atomic E-state index is -0.435. The molecule has 0 atom stereocenters. The fourth-order valence-corrected chi connectivity index (χ4v) is 2.33. The molecule has 1 N–H and O–H groups in total. The van der Waals surface area contributed by atoms with Crippen LogP contribution >= 0.6 is 15.9 Å². The highest BCUT2D eigenvalue weighted by Gasteiger charge is 2.09. The molecule has 0 bridgehead atoms. The van der Waals surface area contributed by atoms with E-state index < -0.39 is 5.82 Å². The first-order valence-electron chi connectivity index (χ1n) is 6.52. The van der Waals surface area contributed by atoms with Crippen molar-refractivity contribution in [3.05, 3.63) is 59.4 Å². The lowest BCUT2D eigenvalue weighted by molar-refractivity contribution is 0.102. The molecule has 0 radical (unpaired) electrons. The van der Waals surface area contributed by atoms with Crippen LogP contribution in [0.3, 0.4) is 0 Å². The first kappa shape index (κ1) is 15.5. The number of alkyl halides is 1. The van der Waals surface area contributed by atoms with Gasteiger partial charge in [0.25, 0.3) is 5.91 Å². The molecule has 0 heterocycles. The molecule has 0 saturated heterocycles. The molecule has 2 aromatic rings. The van der Waals surface area contributed by atoms with Crippen molar-refractivity contribution in [1.82, 2.24) is 0 Å². The number of amides is 1. The lowest BCUT2D eigenvalue weighted by Gasteiger charge is -2.11. The maximum atomic E-state index is 13.1. The van der Waals surface area contributed by atoms with Gasteiger partial charge >= 0.3 is 0 Å². The van der Waals surface area contributed by atoms with Crippen molar-refractivity contribution in [2.45, 2.75) is 12.3 Å². The van der Waals surface area contributed by atoms with Crippen molar-refractivity contribution >= 4 is 27.5 Å². The maximum absolute atomic E-state index is 13.1. The van der Waals surface area contributed by atoms with Crippen molar-refractivity contribution < 1.29 is 13.9 Å². The molecule has 0 aromatic heterocycles. The molecular weight excluding hydrogens is 337 g/mol. The standard InChI is InChI=1S/C16H15BrFNO2/c1-2-21-15-7-6-14(9-12(15)10-17)19-16(20)11-4-3-5-13(18)8-11/h3-9H,2,10H2,1H3,(H,19,20). The van der Waals surface area contributed by atoms with E-state index in [9.17, 15) is 9.18 Å². The number of nitrogens with one attached hydrogen (secondary N) is 1. The van der Waals surface area contributed by atoms with Crippen LogP contribution in [0.4, 0.5) is 10.1 Å². The molecule has 2 aromatic carbocycles. The van der Waals surface area contributed by atoms with Crippen LogP contribution in [0.2, 0.25) is 0 Å². The third-order valence-electron chi connectivity index (χ3n) is 2.85. The van der Waals surface area contributed by atoms with Gasteiger partial charge in [0.2, 0.25) is 0 Å². The summed E-state index contributed by atoms with van der Waals surface area (Å²) in [5.41, 5.74) is 1.86. The van der Waals surface area contributed by atoms with Gasteiger partial charge in [-0.05, 0) is 43.3 Å². The second-order valence-corrected chi connectivity index (χ2v) is 4.91. The largest absolute Gasteiger partial charge is 0.494 e. The number of anilines is 1. The van der Waals surface area contributed by atoms with Crippen LogP contribution < -0.4 is 10.1 Å². The molecule has 0 spiro atoms. The fraction of sp³-hybridized carbons (Fsp3) is 0.188. The first-order valence-corrected chi connectivity index (χ1v) is 7.64. The Morgan fingerprint density at radius 1 is 1.29 bits per heavy atom. The number of hydrogen-bond acceptors (Lipinski definition) is 2. The van der Waals surface area contributed by atoms with E-state index in [-0.39, 0.29) is 11.5 Å². The van der Waals surface area contributed by atoms with Crippen LogP contribution in [-0.4, -0.2) is 12.5 Å². The Morgan fingerprint density at radius 3 is 2.76 bits per heavy atom. The van der Waals surface area contributed by atoms with E-state index in [2.05, 4.69) is 21.2 Å². The number of halogens is 2. The number of hydrogen-bond donors (Lipinski definition) is 1. The van der Waals surface area contributed by atoms with Gasteiger partial charge in [0.15, 0.2) is 0 Å². The predicted molar refractivity (Wildman–Crippen MR) is 84.6 cm³/mol. The summed E-state index contributed by atoms with van der Waals surface area (Å²) in [6, 6.07) is 11.0. The number of rotatable bonds is 5. The minimum Gasteiger partial charge on any atom is -0.494 e. The van der Waals surface area contributed by atoms with Gasteiger partial charge < -0.3 is 10.1 Å². The van der Waals surface area contributed by atoms with Gasteiger partial charge in [-0.15, -0.1) is 0 Å². The Balaban J connectivity index is 2.17. The topological polar surface area (TPSA) is 38.3 Å². The fourth-order valence-electron chi connectivity index (χ4n) is 1.89. The Bertz CT molecular complexity index is 646. The van der Waals surface area contributed by atoms with Gasteiger partial charge in [-0.25, -0.2) is 4.39 Å². The average molecular weight is 352 g/mol. The van der Waals surface area contributed by atoms with Gasteiger partial charge in [0.05, 0.1) is 6.61 Å². The highest BCUT2D eigenvalue weighted by molar-refractivity contribution is 9.08. The number of carbonyl (C=O) groups excluding carboxylic acids is 1. The van der Waals surface area contributed by atoms with Crippen molar-refractivity contribution in [2.24, 2.45) is 0 Å². The Morgan fingerprint density at radius 2 is 2.10 bits per heavy atom. The summed E-state index contributed by atoms with van der Waals surface area (Å²) in [5.74, 6) is -0.00666. The van der Waals surface area contributed by atoms with Gasteiger partial charge in [-0.3, -0.25) is 4.79 Å². The molecular formula is C16H15BrFNO2. The third-order valence-corrected chi connectivity index (χ3v) is 3.45. The van der Waals surface area contributed by atoms with Crippen molar-refractivity contribution in [3.8, 4) is 5.75 Å². The van der Waals surface area contributed by atoms with Crippen LogP contribution in [0.5, 0.6) is 5.75 Å². The van der Waals surface area contributed by atoms with Crippen LogP contribution in [0.25, 0.3) is 0 Å². The van der Waals surface area contributed by atoms with Crippen molar-refractivity contribution in [2.75, 3.05) is 11.9 Å². The zero-order valence-electron chi connectivity index (χ0n) is 11.5. The van der Waals surface area contributed by atoms with E-state index in [0.29, 0.717) is 17.6 Å². The van der Waals surface area contributed by atoms with Gasteiger partial charge in [-0.1, -0.05) is 22.0 Å². The normalized spacial score (nSPS) is 10.2. The molecule has 21 heavy (non-hydrogen) atoms. The maximum Gasteiger partial charge on any atom is 0.255 e. The predicted octanol–water partition coefficient (Wildman–Crippen LogP) is 4.37. The van der Waals surface area contributed by atoms with Crippen LogP contribution in [0.15, 0.2) is 42.5 Å². The number of carbonyl (C=O) groups is 1. The average Bonchev–Trinajstić information content (AvgIpc) is 2.49. The van der Waals surface area contributed by atoms with Gasteiger partial charge in [-0.2, -0.15) is 0 Å². The second kappa shape index (κ2) is 7.22. The molecule has 0 aliphatic heterocycles. The van der Waals surface area contributed by atoms with Crippen molar-refractivity contribution in [1.29, 1.82) is 0 Å². The highest BCUT2D eigenvalue weighted by Crippen LogP contribution is 2.25. The van der Waals surface area contributed by atoms with Gasteiger partial charge in [0.1, 0.15) is 11.6 Å². The summed E-state index contributed by atoms with van der Waals surface area (Å²) in [4.78, 5) is 12.1. The van der Waals surface area contributed by atoms with Crippen LogP contribution in [0, 0.1) is 5.82 Å². The smallest absolute Gasteiger partial charge is 0.255 e. The summed E-state index contributed by atoms with van der Waals surface area (Å²) in [7, 11) is 0. The molecule has 0 fully saturated rings. The van der Waals surface area contributed by atoms with E-state index >= 15 is 0 Å². The van der Waals surface area contributed by atoms with E-state index in [1.165, 1.54) is 18.2 Å². The molecule has 0 unspecified atom stereocenters. The van der Waals surface area contributed by atoms with E-state index in [0.717, 1.165) is 11.3 Å². The Labute approximate surface area is 131 Å². The summed E-state index contributed by atoms with van der Waals surface area (Å²) >= 11 is 3.39. The Hall–Kier alpha value is -1.88. The number of ether oxygens (including phenoxy) is 1. The lowest BCUT2D eigenvalue weighted by atomic mass is 10.1.